The van der Waals surface area contributed by atoms with Gasteiger partial charge in [-0.05, 0) is 37.5 Å². The fraction of sp³-hybridized carbons (Fsp3) is 0.200. The van der Waals surface area contributed by atoms with Gasteiger partial charge in [-0.3, -0.25) is 0 Å². The van der Waals surface area contributed by atoms with Crippen molar-refractivity contribution in [2.45, 2.75) is 25.8 Å². The second-order valence-electron chi connectivity index (χ2n) is 6.33. The Hall–Kier alpha value is -2.59. The molecular weight excluding hydrogens is 332 g/mol. The number of hydrogen-bond acceptors (Lipinski definition) is 4. The van der Waals surface area contributed by atoms with Crippen LogP contribution < -0.4 is 10.6 Å². The van der Waals surface area contributed by atoms with E-state index < -0.39 is 0 Å². The zero-order valence-electron chi connectivity index (χ0n) is 14.0. The van der Waals surface area contributed by atoms with Gasteiger partial charge in [0.05, 0.1) is 5.69 Å². The predicted molar refractivity (Wildman–Crippen MR) is 104 cm³/mol. The number of rotatable bonds is 5. The molecule has 0 spiro atoms. The molecule has 1 saturated carbocycles. The first-order valence-electron chi connectivity index (χ1n) is 8.41. The summed E-state index contributed by atoms with van der Waals surface area (Å²) < 4.78 is 0. The number of halogens is 1. The molecule has 1 heterocycles. The van der Waals surface area contributed by atoms with Crippen molar-refractivity contribution >= 4 is 29.1 Å². The first kappa shape index (κ1) is 15.9. The van der Waals surface area contributed by atoms with Gasteiger partial charge in [-0.25, -0.2) is 4.98 Å². The Morgan fingerprint density at radius 1 is 1.00 bits per heavy atom. The molecule has 0 saturated heterocycles. The van der Waals surface area contributed by atoms with Crippen LogP contribution in [0.25, 0.3) is 11.3 Å². The van der Waals surface area contributed by atoms with E-state index in [-0.39, 0.29) is 0 Å². The van der Waals surface area contributed by atoms with Crippen molar-refractivity contribution in [2.75, 3.05) is 10.6 Å². The summed E-state index contributed by atoms with van der Waals surface area (Å²) in [7, 11) is 0. The summed E-state index contributed by atoms with van der Waals surface area (Å²) >= 11 is 6.13. The van der Waals surface area contributed by atoms with Gasteiger partial charge in [0.1, 0.15) is 5.82 Å². The Morgan fingerprint density at radius 2 is 1.80 bits per heavy atom. The summed E-state index contributed by atoms with van der Waals surface area (Å²) in [5.74, 6) is 1.41. The van der Waals surface area contributed by atoms with Crippen LogP contribution in [-0.4, -0.2) is 16.0 Å². The number of aromatic nitrogens is 2. The number of benzene rings is 2. The van der Waals surface area contributed by atoms with E-state index in [1.54, 1.807) is 0 Å². The minimum atomic E-state index is 0.527. The second kappa shape index (κ2) is 6.73. The highest BCUT2D eigenvalue weighted by Crippen LogP contribution is 2.29. The largest absolute Gasteiger partial charge is 0.367 e. The van der Waals surface area contributed by atoms with Crippen LogP contribution in [0.15, 0.2) is 54.6 Å². The van der Waals surface area contributed by atoms with Gasteiger partial charge in [-0.2, -0.15) is 4.98 Å². The van der Waals surface area contributed by atoms with E-state index in [4.69, 9.17) is 16.6 Å². The van der Waals surface area contributed by atoms with E-state index in [1.165, 1.54) is 12.8 Å². The summed E-state index contributed by atoms with van der Waals surface area (Å²) in [6.07, 6.45) is 2.39. The van der Waals surface area contributed by atoms with E-state index in [0.717, 1.165) is 28.3 Å². The standard InChI is InChI=1S/C20H19ClN4/c1-13-7-8-15(21)11-17(13)23-20-24-18(14-5-3-2-4-6-14)12-19(25-20)22-16-9-10-16/h2-8,11-12,16H,9-10H2,1H3,(H2,22,23,24,25). The summed E-state index contributed by atoms with van der Waals surface area (Å²) in [5.41, 5.74) is 3.96. The van der Waals surface area contributed by atoms with Gasteiger partial charge < -0.3 is 10.6 Å². The molecule has 126 valence electrons. The van der Waals surface area contributed by atoms with E-state index in [0.29, 0.717) is 17.0 Å². The third kappa shape index (κ3) is 3.91. The van der Waals surface area contributed by atoms with Crippen molar-refractivity contribution in [3.63, 3.8) is 0 Å². The summed E-state index contributed by atoms with van der Waals surface area (Å²) in [4.78, 5) is 9.32. The highest BCUT2D eigenvalue weighted by Gasteiger charge is 2.22. The van der Waals surface area contributed by atoms with Crippen molar-refractivity contribution in [1.29, 1.82) is 0 Å². The molecule has 0 bridgehead atoms. The van der Waals surface area contributed by atoms with E-state index in [2.05, 4.69) is 27.8 Å². The highest BCUT2D eigenvalue weighted by molar-refractivity contribution is 6.30. The summed E-state index contributed by atoms with van der Waals surface area (Å²) in [6, 6.07) is 18.4. The molecule has 4 nitrogen and oxygen atoms in total. The van der Waals surface area contributed by atoms with Gasteiger partial charge in [0.15, 0.2) is 0 Å². The first-order chi connectivity index (χ1) is 12.2. The molecule has 3 aromatic rings. The lowest BCUT2D eigenvalue weighted by Gasteiger charge is -2.12. The monoisotopic (exact) mass is 350 g/mol. The zero-order chi connectivity index (χ0) is 17.2. The molecular formula is C20H19ClN4. The molecule has 2 N–H and O–H groups in total. The Kier molecular flexibility index (Phi) is 4.28. The van der Waals surface area contributed by atoms with E-state index >= 15 is 0 Å². The lowest BCUT2D eigenvalue weighted by molar-refractivity contribution is 1.08. The number of aryl methyl sites for hydroxylation is 1. The maximum Gasteiger partial charge on any atom is 0.229 e. The molecule has 1 aliphatic carbocycles. The summed E-state index contributed by atoms with van der Waals surface area (Å²) in [5, 5.41) is 7.46. The molecule has 0 atom stereocenters. The number of nitrogens with zero attached hydrogens (tertiary/aromatic N) is 2. The average molecular weight is 351 g/mol. The second-order valence-corrected chi connectivity index (χ2v) is 6.77. The van der Waals surface area contributed by atoms with E-state index in [9.17, 15) is 0 Å². The fourth-order valence-corrected chi connectivity index (χ4v) is 2.79. The molecule has 4 rings (SSSR count). The van der Waals surface area contributed by atoms with Crippen LogP contribution in [-0.2, 0) is 0 Å². The molecule has 1 aromatic heterocycles. The maximum atomic E-state index is 6.13. The lowest BCUT2D eigenvalue weighted by Crippen LogP contribution is -2.07. The van der Waals surface area contributed by atoms with Crippen LogP contribution in [0.3, 0.4) is 0 Å². The van der Waals surface area contributed by atoms with Gasteiger partial charge in [0.25, 0.3) is 0 Å². The Morgan fingerprint density at radius 3 is 2.56 bits per heavy atom. The van der Waals surface area contributed by atoms with Crippen LogP contribution in [0.4, 0.5) is 17.5 Å². The number of anilines is 3. The molecule has 0 unspecified atom stereocenters. The quantitative estimate of drug-likeness (QED) is 0.644. The average Bonchev–Trinajstić information content (AvgIpc) is 3.43. The van der Waals surface area contributed by atoms with Gasteiger partial charge in [-0.15, -0.1) is 0 Å². The zero-order valence-corrected chi connectivity index (χ0v) is 14.7. The number of hydrogen-bond donors (Lipinski definition) is 2. The lowest BCUT2D eigenvalue weighted by atomic mass is 10.1. The van der Waals surface area contributed by atoms with E-state index in [1.807, 2.05) is 49.4 Å². The van der Waals surface area contributed by atoms with Crippen molar-refractivity contribution in [2.24, 2.45) is 0 Å². The molecule has 0 amide bonds. The highest BCUT2D eigenvalue weighted by atomic mass is 35.5. The Bertz CT molecular complexity index is 891. The normalized spacial score (nSPS) is 13.5. The molecule has 25 heavy (non-hydrogen) atoms. The van der Waals surface area contributed by atoms with Crippen LogP contribution in [0.5, 0.6) is 0 Å². The minimum Gasteiger partial charge on any atom is -0.367 e. The predicted octanol–water partition coefficient (Wildman–Crippen LogP) is 5.42. The van der Waals surface area contributed by atoms with Crippen LogP contribution in [0.1, 0.15) is 18.4 Å². The van der Waals surface area contributed by atoms with Crippen LogP contribution in [0.2, 0.25) is 5.02 Å². The molecule has 1 fully saturated rings. The van der Waals surface area contributed by atoms with Crippen molar-refractivity contribution in [1.82, 2.24) is 9.97 Å². The van der Waals surface area contributed by atoms with Gasteiger partial charge in [0.2, 0.25) is 5.95 Å². The van der Waals surface area contributed by atoms with Gasteiger partial charge in [-0.1, -0.05) is 48.0 Å². The third-order valence-corrected chi connectivity index (χ3v) is 4.41. The van der Waals surface area contributed by atoms with Crippen molar-refractivity contribution < 1.29 is 0 Å². The topological polar surface area (TPSA) is 49.8 Å². The van der Waals surface area contributed by atoms with Crippen LogP contribution >= 0.6 is 11.6 Å². The van der Waals surface area contributed by atoms with Crippen molar-refractivity contribution in [3.05, 3.63) is 65.2 Å². The van der Waals surface area contributed by atoms with Crippen molar-refractivity contribution in [3.8, 4) is 11.3 Å². The number of nitrogens with one attached hydrogen (secondary N) is 2. The fourth-order valence-electron chi connectivity index (χ4n) is 2.62. The van der Waals surface area contributed by atoms with Gasteiger partial charge >= 0.3 is 0 Å². The SMILES string of the molecule is Cc1ccc(Cl)cc1Nc1nc(NC2CC2)cc(-c2ccccc2)n1. The van der Waals surface area contributed by atoms with Gasteiger partial charge in [0, 0.05) is 28.4 Å². The maximum absolute atomic E-state index is 6.13. The molecule has 5 heteroatoms. The summed E-state index contributed by atoms with van der Waals surface area (Å²) in [6.45, 7) is 2.03. The first-order valence-corrected chi connectivity index (χ1v) is 8.79. The third-order valence-electron chi connectivity index (χ3n) is 4.17. The van der Waals surface area contributed by atoms with Crippen LogP contribution in [0, 0.1) is 6.92 Å². The Balaban J connectivity index is 1.71. The smallest absolute Gasteiger partial charge is 0.229 e. The molecule has 2 aromatic carbocycles. The molecule has 0 radical (unpaired) electrons. The minimum absolute atomic E-state index is 0.527. The molecule has 0 aliphatic heterocycles. The molecule has 1 aliphatic rings. The Labute approximate surface area is 152 Å².